The monoisotopic (exact) mass is 473 g/mol. The van der Waals surface area contributed by atoms with Gasteiger partial charge in [-0.3, -0.25) is 0 Å². The van der Waals surface area contributed by atoms with Gasteiger partial charge >= 0.3 is 6.09 Å². The molecular weight excluding hydrogens is 442 g/mol. The van der Waals surface area contributed by atoms with Gasteiger partial charge in [0.15, 0.2) is 6.79 Å². The lowest BCUT2D eigenvalue weighted by Gasteiger charge is -2.38. The second kappa shape index (κ2) is 10.6. The number of hydrogen-bond acceptors (Lipinski definition) is 4. The summed E-state index contributed by atoms with van der Waals surface area (Å²) < 4.78 is 18.2. The van der Waals surface area contributed by atoms with E-state index in [1.807, 2.05) is 25.1 Å². The van der Waals surface area contributed by atoms with Crippen molar-refractivity contribution in [1.82, 2.24) is 4.90 Å². The Morgan fingerprint density at radius 2 is 2.11 bits per heavy atom. The molecule has 1 heterocycles. The average Bonchev–Trinajstić information content (AvgIpc) is 2.60. The van der Waals surface area contributed by atoms with Crippen LogP contribution < -0.4 is 4.74 Å². The van der Waals surface area contributed by atoms with Crippen LogP contribution in [0.3, 0.4) is 0 Å². The zero-order valence-electron chi connectivity index (χ0n) is 17.2. The van der Waals surface area contributed by atoms with Gasteiger partial charge in [-0.25, -0.2) is 4.79 Å². The van der Waals surface area contributed by atoms with Crippen molar-refractivity contribution in [3.63, 3.8) is 0 Å². The smallest absolute Gasteiger partial charge is 0.407 e. The van der Waals surface area contributed by atoms with Crippen molar-refractivity contribution in [2.45, 2.75) is 57.6 Å². The van der Waals surface area contributed by atoms with Gasteiger partial charge in [-0.15, -0.1) is 0 Å². The van der Waals surface area contributed by atoms with Gasteiger partial charge in [-0.05, 0) is 37.9 Å². The molecule has 2 rings (SSSR count). The molecule has 28 heavy (non-hydrogen) atoms. The molecule has 2 atom stereocenters. The summed E-state index contributed by atoms with van der Waals surface area (Å²) in [6.07, 6.45) is 0.466. The first-order valence-electron chi connectivity index (χ1n) is 9.82. The number of nitrogens with zero attached hydrogens (tertiary/aromatic N) is 1. The van der Waals surface area contributed by atoms with E-state index < -0.39 is 14.2 Å². The topological polar surface area (TPSA) is 68.2 Å². The van der Waals surface area contributed by atoms with Crippen LogP contribution in [0.1, 0.15) is 31.4 Å². The second-order valence-corrected chi connectivity index (χ2v) is 14.8. The average molecular weight is 474 g/mol. The molecule has 8 heteroatoms. The molecule has 1 aromatic rings. The van der Waals surface area contributed by atoms with Crippen LogP contribution in [0.25, 0.3) is 0 Å². The predicted octanol–water partition coefficient (Wildman–Crippen LogP) is 5.36. The standard InChI is InChI=1S/C20H32BrNO5Si/c1-5-26-16-8-9-22(20(23)24)18(13-16)17-7-6-15(21)12-19(17)27-14-25-10-11-28(2,3)4/h6-7,12,16,18H,5,8-11,13-14H2,1-4H3,(H,23,24). The Morgan fingerprint density at radius 3 is 2.75 bits per heavy atom. The lowest BCUT2D eigenvalue weighted by atomic mass is 9.93. The maximum Gasteiger partial charge on any atom is 0.407 e. The zero-order valence-corrected chi connectivity index (χ0v) is 19.8. The van der Waals surface area contributed by atoms with Crippen molar-refractivity contribution >= 4 is 30.1 Å². The molecule has 158 valence electrons. The van der Waals surface area contributed by atoms with Crippen LogP contribution in [0.5, 0.6) is 5.75 Å². The van der Waals surface area contributed by atoms with Crippen molar-refractivity contribution in [3.8, 4) is 5.75 Å². The molecule has 1 aliphatic rings. The van der Waals surface area contributed by atoms with Crippen LogP contribution >= 0.6 is 15.9 Å². The number of piperidine rings is 1. The molecule has 0 aliphatic carbocycles. The number of hydrogen-bond donors (Lipinski definition) is 1. The molecule has 0 bridgehead atoms. The van der Waals surface area contributed by atoms with E-state index in [2.05, 4.69) is 35.6 Å². The third kappa shape index (κ3) is 7.06. The lowest BCUT2D eigenvalue weighted by molar-refractivity contribution is -0.00843. The number of halogens is 1. The number of rotatable bonds is 9. The summed E-state index contributed by atoms with van der Waals surface area (Å²) >= 11 is 3.48. The van der Waals surface area contributed by atoms with Crippen molar-refractivity contribution in [2.24, 2.45) is 0 Å². The third-order valence-corrected chi connectivity index (χ3v) is 7.03. The van der Waals surface area contributed by atoms with Crippen LogP contribution in [-0.2, 0) is 9.47 Å². The molecule has 1 fully saturated rings. The third-order valence-electron chi connectivity index (χ3n) is 4.83. The van der Waals surface area contributed by atoms with Crippen molar-refractivity contribution in [1.29, 1.82) is 0 Å². The van der Waals surface area contributed by atoms with Gasteiger partial charge in [0.2, 0.25) is 0 Å². The molecule has 1 aromatic carbocycles. The Bertz CT molecular complexity index is 652. The highest BCUT2D eigenvalue weighted by atomic mass is 79.9. The number of amides is 1. The summed E-state index contributed by atoms with van der Waals surface area (Å²) in [6.45, 7) is 10.8. The van der Waals surface area contributed by atoms with E-state index in [4.69, 9.17) is 14.2 Å². The molecule has 1 N–H and O–H groups in total. The SMILES string of the molecule is CCOC1CCN(C(=O)O)C(c2ccc(Br)cc2OCOCC[Si](C)(C)C)C1. The molecule has 0 saturated carbocycles. The fraction of sp³-hybridized carbons (Fsp3) is 0.650. The van der Waals surface area contributed by atoms with Crippen LogP contribution in [0.2, 0.25) is 25.7 Å². The van der Waals surface area contributed by atoms with Gasteiger partial charge in [0, 0.05) is 37.9 Å². The highest BCUT2D eigenvalue weighted by Gasteiger charge is 2.34. The minimum Gasteiger partial charge on any atom is -0.467 e. The Labute approximate surface area is 177 Å². The predicted molar refractivity (Wildman–Crippen MR) is 116 cm³/mol. The first-order chi connectivity index (χ1) is 13.2. The minimum absolute atomic E-state index is 0.0510. The van der Waals surface area contributed by atoms with E-state index in [1.165, 1.54) is 4.90 Å². The van der Waals surface area contributed by atoms with Gasteiger partial charge < -0.3 is 24.2 Å². The molecular formula is C20H32BrNO5Si. The van der Waals surface area contributed by atoms with Crippen LogP contribution in [0.4, 0.5) is 4.79 Å². The molecule has 1 aliphatic heterocycles. The van der Waals surface area contributed by atoms with E-state index in [0.29, 0.717) is 38.3 Å². The van der Waals surface area contributed by atoms with Crippen LogP contribution in [-0.4, -0.2) is 56.8 Å². The first-order valence-corrected chi connectivity index (χ1v) is 14.3. The highest BCUT2D eigenvalue weighted by Crippen LogP contribution is 2.38. The quantitative estimate of drug-likeness (QED) is 0.297. The van der Waals surface area contributed by atoms with E-state index in [9.17, 15) is 9.90 Å². The number of benzene rings is 1. The Morgan fingerprint density at radius 1 is 1.36 bits per heavy atom. The van der Waals surface area contributed by atoms with Gasteiger partial charge in [0.25, 0.3) is 0 Å². The molecule has 0 spiro atoms. The Hall–Kier alpha value is -1.09. The van der Waals surface area contributed by atoms with Gasteiger partial charge in [-0.2, -0.15) is 0 Å². The second-order valence-electron chi connectivity index (χ2n) is 8.26. The maximum absolute atomic E-state index is 11.8. The molecule has 1 amide bonds. The lowest BCUT2D eigenvalue weighted by Crippen LogP contribution is -2.42. The van der Waals surface area contributed by atoms with E-state index in [0.717, 1.165) is 16.1 Å². The summed E-state index contributed by atoms with van der Waals surface area (Å²) in [7, 11) is -1.14. The van der Waals surface area contributed by atoms with E-state index in [-0.39, 0.29) is 18.9 Å². The minimum atomic E-state index is -1.14. The van der Waals surface area contributed by atoms with Gasteiger partial charge in [0.05, 0.1) is 12.1 Å². The summed E-state index contributed by atoms with van der Waals surface area (Å²) in [5, 5.41) is 9.67. The van der Waals surface area contributed by atoms with Crippen LogP contribution in [0.15, 0.2) is 22.7 Å². The Kier molecular flexibility index (Phi) is 8.79. The van der Waals surface area contributed by atoms with Gasteiger partial charge in [-0.1, -0.05) is 41.6 Å². The normalized spacial score (nSPS) is 20.2. The summed E-state index contributed by atoms with van der Waals surface area (Å²) in [5.41, 5.74) is 0.851. The van der Waals surface area contributed by atoms with Crippen molar-refractivity contribution < 1.29 is 24.1 Å². The Balaban J connectivity index is 2.12. The first kappa shape index (κ1) is 23.2. The van der Waals surface area contributed by atoms with Gasteiger partial charge in [0.1, 0.15) is 5.75 Å². The number of carboxylic acid groups (broad SMARTS) is 1. The number of ether oxygens (including phenoxy) is 3. The van der Waals surface area contributed by atoms with Crippen molar-refractivity contribution in [3.05, 3.63) is 28.2 Å². The summed E-state index contributed by atoms with van der Waals surface area (Å²) in [5.74, 6) is 0.649. The van der Waals surface area contributed by atoms with E-state index in [1.54, 1.807) is 0 Å². The molecule has 2 unspecified atom stereocenters. The molecule has 1 saturated heterocycles. The molecule has 0 radical (unpaired) electrons. The fourth-order valence-corrected chi connectivity index (χ4v) is 4.39. The van der Waals surface area contributed by atoms with E-state index >= 15 is 0 Å². The number of likely N-dealkylation sites (tertiary alicyclic amines) is 1. The number of carbonyl (C=O) groups is 1. The summed E-state index contributed by atoms with van der Waals surface area (Å²) in [4.78, 5) is 13.3. The van der Waals surface area contributed by atoms with Crippen molar-refractivity contribution in [2.75, 3.05) is 26.6 Å². The largest absolute Gasteiger partial charge is 0.467 e. The highest BCUT2D eigenvalue weighted by molar-refractivity contribution is 9.10. The molecule has 6 nitrogen and oxygen atoms in total. The zero-order chi connectivity index (χ0) is 20.7. The van der Waals surface area contributed by atoms with Crippen LogP contribution in [0, 0.1) is 0 Å². The summed E-state index contributed by atoms with van der Waals surface area (Å²) in [6, 6.07) is 6.50. The molecule has 0 aromatic heterocycles. The maximum atomic E-state index is 11.8. The fourth-order valence-electron chi connectivity index (χ4n) is 3.29.